The number of rotatable bonds is 4. The maximum absolute atomic E-state index is 11.8. The van der Waals surface area contributed by atoms with Crippen LogP contribution < -0.4 is 0 Å². The lowest BCUT2D eigenvalue weighted by Crippen LogP contribution is -2.14. The van der Waals surface area contributed by atoms with Crippen LogP contribution >= 0.6 is 0 Å². The predicted octanol–water partition coefficient (Wildman–Crippen LogP) is 3.47. The van der Waals surface area contributed by atoms with E-state index in [2.05, 4.69) is 26.9 Å². The Kier molecular flexibility index (Phi) is 3.90. The van der Waals surface area contributed by atoms with E-state index < -0.39 is 11.8 Å². The molecule has 0 saturated heterocycles. The summed E-state index contributed by atoms with van der Waals surface area (Å²) in [6.07, 6.45) is 4.16. The van der Waals surface area contributed by atoms with Crippen LogP contribution in [-0.2, 0) is 4.79 Å². The first-order valence-corrected chi connectivity index (χ1v) is 7.98. The molecule has 0 aliphatic heterocycles. The molecule has 0 bridgehead atoms. The molecule has 4 rings (SSSR count). The van der Waals surface area contributed by atoms with E-state index in [0.717, 1.165) is 28.4 Å². The molecule has 0 saturated carbocycles. The minimum absolute atomic E-state index is 0.398. The zero-order chi connectivity index (χ0) is 17.2. The molecule has 2 heterocycles. The molecule has 0 N–H and O–H groups in total. The fourth-order valence-electron chi connectivity index (χ4n) is 2.84. The Bertz CT molecular complexity index is 1060. The molecule has 2 atom stereocenters. The number of aldehydes is 1. The van der Waals surface area contributed by atoms with Gasteiger partial charge in [-0.05, 0) is 31.2 Å². The minimum atomic E-state index is -0.535. The number of hydrogen-bond donors (Lipinski definition) is 0. The smallest absolute Gasteiger partial charge is 0.129 e. The third-order valence-electron chi connectivity index (χ3n) is 4.24. The Morgan fingerprint density at radius 3 is 1.80 bits per heavy atom. The minimum Gasteiger partial charge on any atom is -0.303 e. The first-order valence-electron chi connectivity index (χ1n) is 7.98. The predicted molar refractivity (Wildman–Crippen MR) is 96.0 cm³/mol. The van der Waals surface area contributed by atoms with E-state index in [9.17, 15) is 4.79 Å². The molecule has 2 aromatic heterocycles. The van der Waals surface area contributed by atoms with Gasteiger partial charge in [0.1, 0.15) is 6.29 Å². The van der Waals surface area contributed by atoms with Crippen LogP contribution in [0.1, 0.15) is 23.2 Å². The van der Waals surface area contributed by atoms with Crippen molar-refractivity contribution >= 4 is 28.4 Å². The number of benzene rings is 2. The second kappa shape index (κ2) is 6.36. The van der Waals surface area contributed by atoms with Crippen LogP contribution in [0.3, 0.4) is 0 Å². The molecule has 0 aliphatic carbocycles. The Morgan fingerprint density at radius 2 is 1.24 bits per heavy atom. The summed E-state index contributed by atoms with van der Waals surface area (Å²) in [6.45, 7) is 4.14. The molecule has 2 aromatic carbocycles. The van der Waals surface area contributed by atoms with Crippen molar-refractivity contribution in [1.82, 2.24) is 19.9 Å². The van der Waals surface area contributed by atoms with Gasteiger partial charge >= 0.3 is 0 Å². The van der Waals surface area contributed by atoms with Crippen LogP contribution in [0.5, 0.6) is 0 Å². The molecular formula is C20H15N4O. The van der Waals surface area contributed by atoms with Crippen LogP contribution in [0.15, 0.2) is 60.9 Å². The molecule has 121 valence electrons. The molecule has 0 fully saturated rings. The van der Waals surface area contributed by atoms with E-state index in [1.165, 1.54) is 0 Å². The maximum Gasteiger partial charge on any atom is 0.129 e. The third-order valence-corrected chi connectivity index (χ3v) is 4.24. The van der Waals surface area contributed by atoms with Crippen molar-refractivity contribution in [2.75, 3.05) is 0 Å². The second-order valence-corrected chi connectivity index (χ2v) is 5.84. The second-order valence-electron chi connectivity index (χ2n) is 5.84. The Balaban J connectivity index is 1.73. The highest BCUT2D eigenvalue weighted by Gasteiger charge is 2.24. The van der Waals surface area contributed by atoms with E-state index in [-0.39, 0.29) is 0 Å². The van der Waals surface area contributed by atoms with Crippen LogP contribution in [0.2, 0.25) is 0 Å². The van der Waals surface area contributed by atoms with E-state index >= 15 is 0 Å². The summed E-state index contributed by atoms with van der Waals surface area (Å²) >= 11 is 0. The standard InChI is InChI=1S/C20H15N4O/c1-13(19-10-21-15-6-2-4-8-17(15)23-19)14(12-25)20-11-22-16-7-3-5-9-18(16)24-20/h2-14H,1H2. The van der Waals surface area contributed by atoms with Crippen LogP contribution in [0, 0.1) is 6.92 Å². The van der Waals surface area contributed by atoms with Crippen molar-refractivity contribution in [3.8, 4) is 0 Å². The highest BCUT2D eigenvalue weighted by Crippen LogP contribution is 2.29. The highest BCUT2D eigenvalue weighted by atomic mass is 16.1. The monoisotopic (exact) mass is 327 g/mol. The van der Waals surface area contributed by atoms with Gasteiger partial charge in [0.25, 0.3) is 0 Å². The van der Waals surface area contributed by atoms with Crippen LogP contribution in [-0.4, -0.2) is 26.2 Å². The zero-order valence-electron chi connectivity index (χ0n) is 13.4. The van der Waals surface area contributed by atoms with Crippen LogP contribution in [0.25, 0.3) is 22.1 Å². The van der Waals surface area contributed by atoms with Crippen molar-refractivity contribution < 1.29 is 4.79 Å². The van der Waals surface area contributed by atoms with Gasteiger partial charge in [0.05, 0.1) is 39.4 Å². The number of aromatic nitrogens is 4. The molecule has 2 unspecified atom stereocenters. The summed E-state index contributed by atoms with van der Waals surface area (Å²) in [4.78, 5) is 29.7. The van der Waals surface area contributed by atoms with Crippen LogP contribution in [0.4, 0.5) is 0 Å². The van der Waals surface area contributed by atoms with Gasteiger partial charge in [0.15, 0.2) is 0 Å². The van der Waals surface area contributed by atoms with Gasteiger partial charge < -0.3 is 4.79 Å². The van der Waals surface area contributed by atoms with Crippen molar-refractivity contribution in [3.05, 3.63) is 79.2 Å². The normalized spacial score (nSPS) is 13.6. The van der Waals surface area contributed by atoms with Gasteiger partial charge in [0.2, 0.25) is 0 Å². The first kappa shape index (κ1) is 15.3. The quantitative estimate of drug-likeness (QED) is 0.537. The molecular weight excluding hydrogens is 312 g/mol. The summed E-state index contributed by atoms with van der Waals surface area (Å²) in [5.74, 6) is -0.933. The fraction of sp³-hybridized carbons (Fsp3) is 0.100. The van der Waals surface area contributed by atoms with E-state index in [1.807, 2.05) is 48.5 Å². The van der Waals surface area contributed by atoms with Gasteiger partial charge in [-0.15, -0.1) is 0 Å². The maximum atomic E-state index is 11.8. The zero-order valence-corrected chi connectivity index (χ0v) is 13.4. The molecule has 0 spiro atoms. The lowest BCUT2D eigenvalue weighted by atomic mass is 9.90. The number of hydrogen-bond acceptors (Lipinski definition) is 5. The SMILES string of the molecule is [CH2]C(c1cnc2ccccc2n1)C(C=O)c1cnc2ccccc2n1. The van der Waals surface area contributed by atoms with Crippen molar-refractivity contribution in [3.63, 3.8) is 0 Å². The number of fused-ring (bicyclic) bond motifs is 2. The molecule has 0 amide bonds. The molecule has 0 aliphatic rings. The lowest BCUT2D eigenvalue weighted by Gasteiger charge is -2.18. The lowest BCUT2D eigenvalue weighted by molar-refractivity contribution is -0.109. The summed E-state index contributed by atoms with van der Waals surface area (Å²) < 4.78 is 0. The number of para-hydroxylation sites is 4. The highest BCUT2D eigenvalue weighted by molar-refractivity contribution is 5.75. The average Bonchev–Trinajstić information content (AvgIpc) is 2.68. The summed E-state index contributed by atoms with van der Waals surface area (Å²) in [6, 6.07) is 15.2. The summed E-state index contributed by atoms with van der Waals surface area (Å²) in [7, 11) is 0. The molecule has 4 aromatic rings. The largest absolute Gasteiger partial charge is 0.303 e. The van der Waals surface area contributed by atoms with E-state index in [1.54, 1.807) is 12.4 Å². The van der Waals surface area contributed by atoms with Crippen molar-refractivity contribution in [1.29, 1.82) is 0 Å². The molecule has 5 nitrogen and oxygen atoms in total. The number of carbonyl (C=O) groups is 1. The topological polar surface area (TPSA) is 68.6 Å². The molecule has 5 heteroatoms. The number of carbonyl (C=O) groups excluding carboxylic acids is 1. The Hall–Kier alpha value is -3.21. The van der Waals surface area contributed by atoms with Gasteiger partial charge in [-0.25, -0.2) is 9.97 Å². The van der Waals surface area contributed by atoms with E-state index in [0.29, 0.717) is 11.4 Å². The van der Waals surface area contributed by atoms with Crippen molar-refractivity contribution in [2.45, 2.75) is 11.8 Å². The first-order chi connectivity index (χ1) is 12.3. The average molecular weight is 327 g/mol. The molecule has 1 radical (unpaired) electrons. The summed E-state index contributed by atoms with van der Waals surface area (Å²) in [5, 5.41) is 0. The Morgan fingerprint density at radius 1 is 0.760 bits per heavy atom. The molecule has 25 heavy (non-hydrogen) atoms. The third kappa shape index (κ3) is 2.85. The van der Waals surface area contributed by atoms with Gasteiger partial charge in [0, 0.05) is 18.3 Å². The summed E-state index contributed by atoms with van der Waals surface area (Å²) in [5.41, 5.74) is 4.38. The van der Waals surface area contributed by atoms with E-state index in [4.69, 9.17) is 0 Å². The Labute approximate surface area is 144 Å². The van der Waals surface area contributed by atoms with Gasteiger partial charge in [-0.2, -0.15) is 0 Å². The number of nitrogens with zero attached hydrogens (tertiary/aromatic N) is 4. The fourth-order valence-corrected chi connectivity index (χ4v) is 2.84. The van der Waals surface area contributed by atoms with Gasteiger partial charge in [-0.1, -0.05) is 24.3 Å². The van der Waals surface area contributed by atoms with Crippen molar-refractivity contribution in [2.24, 2.45) is 0 Å². The van der Waals surface area contributed by atoms with Gasteiger partial charge in [-0.3, -0.25) is 9.97 Å².